The van der Waals surface area contributed by atoms with Crippen LogP contribution < -0.4 is 0 Å². The fourth-order valence-electron chi connectivity index (χ4n) is 1.10. The van der Waals surface area contributed by atoms with Crippen molar-refractivity contribution in [2.24, 2.45) is 0 Å². The predicted molar refractivity (Wildman–Crippen MR) is 90.0 cm³/mol. The summed E-state index contributed by atoms with van der Waals surface area (Å²) in [5.41, 5.74) is 0.732. The van der Waals surface area contributed by atoms with Crippen LogP contribution in [0.5, 0.6) is 0 Å². The third-order valence-electron chi connectivity index (χ3n) is 1.88. The van der Waals surface area contributed by atoms with Gasteiger partial charge in [-0.25, -0.2) is 4.79 Å². The Labute approximate surface area is 147 Å². The molecule has 1 aromatic carbocycles. The zero-order valence-corrected chi connectivity index (χ0v) is 16.9. The van der Waals surface area contributed by atoms with Gasteiger partial charge in [0.15, 0.2) is 0 Å². The minimum atomic E-state index is -1.08. The highest BCUT2D eigenvalue weighted by Crippen LogP contribution is 2.46. The van der Waals surface area contributed by atoms with E-state index in [0.717, 1.165) is 19.0 Å². The molecule has 0 unspecified atom stereocenters. The van der Waals surface area contributed by atoms with Crippen LogP contribution in [-0.2, 0) is 13.0 Å². The second-order valence-electron chi connectivity index (χ2n) is 3.16. The number of alkyl halides is 2. The van der Waals surface area contributed by atoms with Crippen molar-refractivity contribution in [2.75, 3.05) is 0 Å². The van der Waals surface area contributed by atoms with E-state index in [2.05, 4.69) is 79.6 Å². The van der Waals surface area contributed by atoms with E-state index in [1.165, 1.54) is 6.08 Å². The molecule has 0 aliphatic carbocycles. The highest BCUT2D eigenvalue weighted by molar-refractivity contribution is 9.24. The molecule has 0 amide bonds. The van der Waals surface area contributed by atoms with E-state index in [1.54, 1.807) is 13.0 Å². The molecule has 7 heteroatoms. The Balaban J connectivity index is 3.12. The quantitative estimate of drug-likeness (QED) is 0.193. The topological polar surface area (TPSA) is 26.3 Å². The number of hydrogen-bond acceptors (Lipinski definition) is 2. The molecule has 0 aliphatic rings. The first-order valence-corrected chi connectivity index (χ1v) is 8.63. The zero-order chi connectivity index (χ0) is 13.9. The summed E-state index contributed by atoms with van der Waals surface area (Å²) in [6, 6.07) is 3.68. The summed E-state index contributed by atoms with van der Waals surface area (Å²) in [5, 5.41) is 0. The molecule has 1 rings (SSSR count). The van der Waals surface area contributed by atoms with E-state index in [9.17, 15) is 4.79 Å². The summed E-state index contributed by atoms with van der Waals surface area (Å²) >= 11 is 17.0. The van der Waals surface area contributed by atoms with Crippen molar-refractivity contribution < 1.29 is 9.53 Å². The van der Waals surface area contributed by atoms with Gasteiger partial charge in [0.1, 0.15) is 0 Å². The van der Waals surface area contributed by atoms with E-state index < -0.39 is 9.39 Å². The molecule has 0 bridgehead atoms. The first-order valence-electron chi connectivity index (χ1n) is 4.67. The minimum Gasteiger partial charge on any atom is -0.429 e. The number of rotatable bonds is 3. The maximum atomic E-state index is 11.5. The van der Waals surface area contributed by atoms with E-state index in [1.807, 2.05) is 12.1 Å². The fourth-order valence-corrected chi connectivity index (χ4v) is 4.18. The van der Waals surface area contributed by atoms with E-state index in [0.29, 0.717) is 0 Å². The Kier molecular flexibility index (Phi) is 6.58. The molecule has 0 N–H and O–H groups in total. The average molecular weight is 571 g/mol. The zero-order valence-electron chi connectivity index (χ0n) is 9.02. The third-order valence-corrected chi connectivity index (χ3v) is 6.43. The largest absolute Gasteiger partial charge is 0.429 e. The van der Waals surface area contributed by atoms with Gasteiger partial charge in [-0.15, -0.1) is 0 Å². The average Bonchev–Trinajstić information content (AvgIpc) is 2.25. The van der Waals surface area contributed by atoms with Crippen LogP contribution >= 0.6 is 79.6 Å². The number of carbonyl (C=O) groups excluding carboxylic acids is 1. The molecule has 0 radical (unpaired) electrons. The van der Waals surface area contributed by atoms with Crippen molar-refractivity contribution in [3.05, 3.63) is 43.3 Å². The Morgan fingerprint density at radius 2 is 1.83 bits per heavy atom. The van der Waals surface area contributed by atoms with Gasteiger partial charge in [-0.2, -0.15) is 0 Å². The van der Waals surface area contributed by atoms with Crippen LogP contribution in [0.3, 0.4) is 0 Å². The Morgan fingerprint density at radius 1 is 1.22 bits per heavy atom. The summed E-state index contributed by atoms with van der Waals surface area (Å²) in [7, 11) is 0. The summed E-state index contributed by atoms with van der Waals surface area (Å²) in [4.78, 5) is 11.5. The summed E-state index contributed by atoms with van der Waals surface area (Å²) in [6.07, 6.45) is 2.96. The number of esters is 1. The molecule has 0 saturated carbocycles. The van der Waals surface area contributed by atoms with Crippen LogP contribution in [0.15, 0.2) is 37.7 Å². The fraction of sp³-hybridized carbons (Fsp3) is 0.182. The Bertz CT molecular complexity index is 496. The van der Waals surface area contributed by atoms with Crippen LogP contribution in [0.4, 0.5) is 0 Å². The van der Waals surface area contributed by atoms with Crippen LogP contribution in [-0.4, -0.2) is 5.97 Å². The van der Waals surface area contributed by atoms with Gasteiger partial charge >= 0.3 is 5.97 Å². The molecule has 18 heavy (non-hydrogen) atoms. The van der Waals surface area contributed by atoms with E-state index in [4.69, 9.17) is 4.74 Å². The predicted octanol–water partition coefficient (Wildman–Crippen LogP) is 5.99. The van der Waals surface area contributed by atoms with Gasteiger partial charge < -0.3 is 4.74 Å². The number of allylic oxidation sites excluding steroid dienone is 1. The summed E-state index contributed by atoms with van der Waals surface area (Å²) in [6.45, 7) is 1.75. The smallest absolute Gasteiger partial charge is 0.332 e. The van der Waals surface area contributed by atoms with Crippen molar-refractivity contribution in [2.45, 2.75) is 10.3 Å². The third kappa shape index (κ3) is 4.16. The van der Waals surface area contributed by atoms with Gasteiger partial charge in [-0.1, -0.05) is 12.1 Å². The molecule has 0 atom stereocenters. The van der Waals surface area contributed by atoms with Crippen LogP contribution in [0.2, 0.25) is 0 Å². The highest BCUT2D eigenvalue weighted by Gasteiger charge is 2.32. The Hall–Kier alpha value is 0.830. The van der Waals surface area contributed by atoms with Crippen LogP contribution in [0.1, 0.15) is 12.5 Å². The number of halogens is 5. The standard InChI is InChI=1S/C11H7Br5O2/c1-2-3-8(17)18-11(15,16)6-4-5-7(12)10(14)9(6)13/h2-5H,1H3. The van der Waals surface area contributed by atoms with Gasteiger partial charge in [0.05, 0.1) is 0 Å². The molecule has 1 aromatic rings. The number of carbonyl (C=O) groups is 1. The van der Waals surface area contributed by atoms with Crippen molar-refractivity contribution in [1.29, 1.82) is 0 Å². The molecule has 0 aromatic heterocycles. The van der Waals surface area contributed by atoms with Gasteiger partial charge in [-0.3, -0.25) is 0 Å². The van der Waals surface area contributed by atoms with Gasteiger partial charge in [0.25, 0.3) is 0 Å². The summed E-state index contributed by atoms with van der Waals surface area (Å²) < 4.78 is 6.71. The lowest BCUT2D eigenvalue weighted by Gasteiger charge is -2.22. The van der Waals surface area contributed by atoms with Gasteiger partial charge in [-0.05, 0) is 92.6 Å². The van der Waals surface area contributed by atoms with Crippen molar-refractivity contribution in [3.63, 3.8) is 0 Å². The minimum absolute atomic E-state index is 0.447. The van der Waals surface area contributed by atoms with Crippen molar-refractivity contribution in [1.82, 2.24) is 0 Å². The first-order chi connectivity index (χ1) is 8.29. The van der Waals surface area contributed by atoms with Crippen LogP contribution in [0.25, 0.3) is 0 Å². The SMILES string of the molecule is CC=CC(=O)OC(Br)(Br)c1ccc(Br)c(Br)c1Br. The molecule has 98 valence electrons. The highest BCUT2D eigenvalue weighted by atomic mass is 79.9. The Morgan fingerprint density at radius 3 is 2.39 bits per heavy atom. The maximum absolute atomic E-state index is 11.5. The normalized spacial score (nSPS) is 11.9. The van der Waals surface area contributed by atoms with Crippen molar-refractivity contribution >= 4 is 85.6 Å². The lowest BCUT2D eigenvalue weighted by Crippen LogP contribution is -2.18. The molecule has 0 aliphatic heterocycles. The first kappa shape index (κ1) is 16.9. The number of benzene rings is 1. The summed E-state index contributed by atoms with van der Waals surface area (Å²) in [5.74, 6) is -0.447. The second kappa shape index (κ2) is 7.02. The van der Waals surface area contributed by atoms with Gasteiger partial charge in [0.2, 0.25) is 3.42 Å². The molecule has 0 saturated heterocycles. The molecular formula is C11H7Br5O2. The second-order valence-corrected chi connectivity index (χ2v) is 8.90. The molecule has 0 spiro atoms. The monoisotopic (exact) mass is 566 g/mol. The van der Waals surface area contributed by atoms with Crippen molar-refractivity contribution in [3.8, 4) is 0 Å². The molecule has 0 fully saturated rings. The molecular weight excluding hydrogens is 564 g/mol. The van der Waals surface area contributed by atoms with Crippen LogP contribution in [0, 0.1) is 0 Å². The van der Waals surface area contributed by atoms with E-state index >= 15 is 0 Å². The lowest BCUT2D eigenvalue weighted by molar-refractivity contribution is -0.140. The number of ether oxygens (including phenoxy) is 1. The molecule has 2 nitrogen and oxygen atoms in total. The molecule has 0 heterocycles. The lowest BCUT2D eigenvalue weighted by atomic mass is 10.2. The maximum Gasteiger partial charge on any atom is 0.332 e. The van der Waals surface area contributed by atoms with Gasteiger partial charge in [0, 0.05) is 25.1 Å². The number of hydrogen-bond donors (Lipinski definition) is 0. The van der Waals surface area contributed by atoms with E-state index in [-0.39, 0.29) is 0 Å².